The summed E-state index contributed by atoms with van der Waals surface area (Å²) in [5.74, 6) is -0.890. The van der Waals surface area contributed by atoms with E-state index in [4.69, 9.17) is 16.3 Å². The molecule has 0 amide bonds. The van der Waals surface area contributed by atoms with E-state index >= 15 is 0 Å². The number of carbonyl (C=O) groups excluding carboxylic acids is 1. The summed E-state index contributed by atoms with van der Waals surface area (Å²) in [6.07, 6.45) is -4.64. The molecule has 0 radical (unpaired) electrons. The van der Waals surface area contributed by atoms with Crippen molar-refractivity contribution < 1.29 is 27.4 Å². The number of aryl methyl sites for hydroxylation is 2. The van der Waals surface area contributed by atoms with Gasteiger partial charge >= 0.3 is 18.0 Å². The highest BCUT2D eigenvalue weighted by Crippen LogP contribution is 2.35. The Labute approximate surface area is 225 Å². The molecule has 0 spiro atoms. The third kappa shape index (κ3) is 6.03. The summed E-state index contributed by atoms with van der Waals surface area (Å²) in [7, 11) is 1.53. The minimum Gasteiger partial charge on any atom is -0.466 e. The van der Waals surface area contributed by atoms with Gasteiger partial charge in [0.2, 0.25) is 0 Å². The minimum atomic E-state index is -4.88. The number of fused-ring (bicyclic) bond motifs is 1. The number of hydrogen-bond acceptors (Lipinski definition) is 5. The van der Waals surface area contributed by atoms with Gasteiger partial charge in [0.25, 0.3) is 5.56 Å². The van der Waals surface area contributed by atoms with Crippen molar-refractivity contribution in [2.45, 2.75) is 39.7 Å². The van der Waals surface area contributed by atoms with Crippen LogP contribution in [0.25, 0.3) is 22.3 Å². The molecule has 0 aliphatic rings. The van der Waals surface area contributed by atoms with Crippen LogP contribution in [-0.4, -0.2) is 32.6 Å². The maximum Gasteiger partial charge on any atom is 0.573 e. The molecule has 0 aliphatic heterocycles. The van der Waals surface area contributed by atoms with Gasteiger partial charge in [-0.3, -0.25) is 18.7 Å². The molecule has 2 aromatic carbocycles. The van der Waals surface area contributed by atoms with E-state index in [-0.39, 0.29) is 31.6 Å². The molecule has 0 saturated carbocycles. The van der Waals surface area contributed by atoms with Gasteiger partial charge in [0.15, 0.2) is 0 Å². The van der Waals surface area contributed by atoms with Crippen molar-refractivity contribution in [2.75, 3.05) is 6.61 Å². The molecule has 4 rings (SSSR count). The van der Waals surface area contributed by atoms with Crippen molar-refractivity contribution in [3.8, 4) is 17.0 Å². The Kier molecular flexibility index (Phi) is 7.91. The normalized spacial score (nSPS) is 11.7. The lowest BCUT2D eigenvalue weighted by Crippen LogP contribution is -2.40. The van der Waals surface area contributed by atoms with Gasteiger partial charge in [-0.1, -0.05) is 35.9 Å². The van der Waals surface area contributed by atoms with Crippen LogP contribution in [0, 0.1) is 6.92 Å². The third-order valence-corrected chi connectivity index (χ3v) is 6.45. The van der Waals surface area contributed by atoms with E-state index in [1.807, 2.05) is 0 Å². The summed E-state index contributed by atoms with van der Waals surface area (Å²) >= 11 is 6.04. The maximum atomic E-state index is 13.8. The van der Waals surface area contributed by atoms with Crippen molar-refractivity contribution in [2.24, 2.45) is 7.05 Å². The van der Waals surface area contributed by atoms with Gasteiger partial charge in [-0.2, -0.15) is 0 Å². The lowest BCUT2D eigenvalue weighted by Gasteiger charge is -2.14. The quantitative estimate of drug-likeness (QED) is 0.222. The smallest absolute Gasteiger partial charge is 0.466 e. The first-order valence-corrected chi connectivity index (χ1v) is 12.3. The molecule has 2 heterocycles. The van der Waals surface area contributed by atoms with E-state index < -0.39 is 29.3 Å². The highest BCUT2D eigenvalue weighted by molar-refractivity contribution is 6.30. The molecule has 39 heavy (non-hydrogen) atoms. The Morgan fingerprint density at radius 3 is 2.36 bits per heavy atom. The summed E-state index contributed by atoms with van der Waals surface area (Å²) < 4.78 is 52.0. The number of esters is 1. The number of rotatable bonds is 8. The molecular formula is C27H25ClF3N3O5. The second-order valence-corrected chi connectivity index (χ2v) is 9.39. The van der Waals surface area contributed by atoms with Crippen molar-refractivity contribution in [1.29, 1.82) is 0 Å². The van der Waals surface area contributed by atoms with Crippen LogP contribution in [0.3, 0.4) is 0 Å². The first-order valence-electron chi connectivity index (χ1n) is 11.9. The Balaban J connectivity index is 1.96. The molecule has 206 valence electrons. The zero-order valence-corrected chi connectivity index (χ0v) is 22.1. The molecule has 4 aromatic rings. The first kappa shape index (κ1) is 28.0. The van der Waals surface area contributed by atoms with Gasteiger partial charge in [0.1, 0.15) is 11.3 Å². The topological polar surface area (TPSA) is 84.5 Å². The Hall–Kier alpha value is -3.99. The minimum absolute atomic E-state index is 0.00411. The Morgan fingerprint density at radius 1 is 1.03 bits per heavy atom. The molecule has 0 atom stereocenters. The third-order valence-electron chi connectivity index (χ3n) is 6.20. The van der Waals surface area contributed by atoms with Crippen molar-refractivity contribution in [3.63, 3.8) is 0 Å². The van der Waals surface area contributed by atoms with E-state index in [1.165, 1.54) is 36.7 Å². The number of aromatic nitrogens is 3. The number of halogens is 4. The van der Waals surface area contributed by atoms with Gasteiger partial charge in [0, 0.05) is 37.6 Å². The van der Waals surface area contributed by atoms with Gasteiger partial charge in [-0.25, -0.2) is 4.79 Å². The van der Waals surface area contributed by atoms with E-state index in [0.29, 0.717) is 27.4 Å². The van der Waals surface area contributed by atoms with Crippen LogP contribution < -0.4 is 16.0 Å². The van der Waals surface area contributed by atoms with Gasteiger partial charge in [0.05, 0.1) is 17.8 Å². The van der Waals surface area contributed by atoms with Crippen LogP contribution in [0.5, 0.6) is 5.75 Å². The van der Waals surface area contributed by atoms with E-state index in [2.05, 4.69) is 4.74 Å². The molecule has 0 N–H and O–H groups in total. The number of ether oxygens (including phenoxy) is 2. The molecule has 0 aliphatic carbocycles. The number of carbonyl (C=O) groups is 1. The van der Waals surface area contributed by atoms with Crippen molar-refractivity contribution >= 4 is 28.6 Å². The molecule has 0 unspecified atom stereocenters. The predicted octanol–water partition coefficient (Wildman–Crippen LogP) is 5.03. The SMILES string of the molecule is CC(=O)OCCCn1c(=O)c2c(c(C)c(-c3cccc(OC(F)(F)F)c3)n2Cc2ccc(Cl)cc2)n(C)c1=O. The van der Waals surface area contributed by atoms with Gasteiger partial charge in [-0.05, 0) is 48.7 Å². The maximum absolute atomic E-state index is 13.8. The average Bonchev–Trinajstić information content (AvgIpc) is 3.14. The molecule has 0 bridgehead atoms. The second kappa shape index (κ2) is 11.0. The number of benzene rings is 2. The lowest BCUT2D eigenvalue weighted by molar-refractivity contribution is -0.274. The van der Waals surface area contributed by atoms with Crippen LogP contribution in [-0.2, 0) is 29.7 Å². The number of alkyl halides is 3. The second-order valence-electron chi connectivity index (χ2n) is 8.95. The summed E-state index contributed by atoms with van der Waals surface area (Å²) in [6.45, 7) is 3.18. The standard InChI is InChI=1S/C27H25ClF3N3O5/c1-16-22(19-6-4-7-21(14-19)39-27(29,30)31)34(15-18-8-10-20(28)11-9-18)24-23(16)32(3)26(37)33(25(24)36)12-5-13-38-17(2)35/h4,6-11,14H,5,12-13,15H2,1-3H3. The zero-order valence-electron chi connectivity index (χ0n) is 21.3. The first-order chi connectivity index (χ1) is 18.4. The van der Waals surface area contributed by atoms with Gasteiger partial charge < -0.3 is 14.0 Å². The van der Waals surface area contributed by atoms with E-state index in [9.17, 15) is 27.6 Å². The van der Waals surface area contributed by atoms with Crippen molar-refractivity contribution in [3.05, 3.63) is 85.5 Å². The number of nitrogens with zero attached hydrogens (tertiary/aromatic N) is 3. The molecule has 8 nitrogen and oxygen atoms in total. The summed E-state index contributed by atoms with van der Waals surface area (Å²) in [5, 5.41) is 0.516. The van der Waals surface area contributed by atoms with E-state index in [1.54, 1.807) is 41.8 Å². The molecule has 2 aromatic heterocycles. The molecule has 0 saturated heterocycles. The number of hydrogen-bond donors (Lipinski definition) is 0. The predicted molar refractivity (Wildman–Crippen MR) is 140 cm³/mol. The fourth-order valence-electron chi connectivity index (χ4n) is 4.63. The van der Waals surface area contributed by atoms with Crippen LogP contribution >= 0.6 is 11.6 Å². The summed E-state index contributed by atoms with van der Waals surface area (Å²) in [4.78, 5) is 38.1. The monoisotopic (exact) mass is 563 g/mol. The van der Waals surface area contributed by atoms with Crippen LogP contribution in [0.15, 0.2) is 58.1 Å². The van der Waals surface area contributed by atoms with Crippen molar-refractivity contribution in [1.82, 2.24) is 13.7 Å². The summed E-state index contributed by atoms with van der Waals surface area (Å²) in [6, 6.07) is 12.4. The van der Waals surface area contributed by atoms with Crippen LogP contribution in [0.1, 0.15) is 24.5 Å². The Morgan fingerprint density at radius 2 is 1.72 bits per heavy atom. The molecular weight excluding hydrogens is 539 g/mol. The van der Waals surface area contributed by atoms with E-state index in [0.717, 1.165) is 10.1 Å². The molecule has 0 fully saturated rings. The highest BCUT2D eigenvalue weighted by Gasteiger charge is 2.31. The molecule has 12 heteroatoms. The van der Waals surface area contributed by atoms with Gasteiger partial charge in [-0.15, -0.1) is 13.2 Å². The summed E-state index contributed by atoms with van der Waals surface area (Å²) in [5.41, 5.74) is 1.55. The largest absolute Gasteiger partial charge is 0.573 e. The highest BCUT2D eigenvalue weighted by atomic mass is 35.5. The fraction of sp³-hybridized carbons (Fsp3) is 0.296. The lowest BCUT2D eigenvalue weighted by atomic mass is 10.1. The van der Waals surface area contributed by atoms with Crippen LogP contribution in [0.2, 0.25) is 5.02 Å². The fourth-order valence-corrected chi connectivity index (χ4v) is 4.76. The average molecular weight is 564 g/mol. The zero-order chi connectivity index (χ0) is 28.5. The Bertz CT molecular complexity index is 1650. The van der Waals surface area contributed by atoms with Crippen LogP contribution in [0.4, 0.5) is 13.2 Å².